The van der Waals surface area contributed by atoms with Gasteiger partial charge >= 0.3 is 6.36 Å². The fourth-order valence-electron chi connectivity index (χ4n) is 1.65. The number of halogens is 4. The van der Waals surface area contributed by atoms with Crippen LogP contribution in [0.15, 0.2) is 18.2 Å². The summed E-state index contributed by atoms with van der Waals surface area (Å²) in [4.78, 5) is 0. The van der Waals surface area contributed by atoms with E-state index in [4.69, 9.17) is 0 Å². The van der Waals surface area contributed by atoms with Crippen LogP contribution in [0.5, 0.6) is 5.75 Å². The summed E-state index contributed by atoms with van der Waals surface area (Å²) >= 11 is 0. The van der Waals surface area contributed by atoms with Gasteiger partial charge in [-0.3, -0.25) is 0 Å². The Morgan fingerprint density at radius 1 is 1.19 bits per heavy atom. The number of hydrogen-bond donors (Lipinski definition) is 1. The van der Waals surface area contributed by atoms with Gasteiger partial charge < -0.3 is 10.1 Å². The molecule has 0 aromatic heterocycles. The first-order valence-electron chi connectivity index (χ1n) is 4.63. The van der Waals surface area contributed by atoms with Crippen molar-refractivity contribution in [1.82, 2.24) is 5.32 Å². The van der Waals surface area contributed by atoms with Gasteiger partial charge in [0.2, 0.25) is 0 Å². The molecule has 0 fully saturated rings. The SMILES string of the molecule is Cl.FC(F)(F)Oc1ccc2c(c1)CNCC2. The van der Waals surface area contributed by atoms with E-state index < -0.39 is 6.36 Å². The second kappa shape index (κ2) is 4.93. The first-order chi connectivity index (χ1) is 7.04. The quantitative estimate of drug-likeness (QED) is 0.831. The monoisotopic (exact) mass is 253 g/mol. The van der Waals surface area contributed by atoms with E-state index in [1.807, 2.05) is 0 Å². The molecule has 1 N–H and O–H groups in total. The van der Waals surface area contributed by atoms with Crippen molar-refractivity contribution in [3.05, 3.63) is 29.3 Å². The van der Waals surface area contributed by atoms with E-state index >= 15 is 0 Å². The van der Waals surface area contributed by atoms with Gasteiger partial charge in [0.15, 0.2) is 0 Å². The van der Waals surface area contributed by atoms with Crippen LogP contribution in [0, 0.1) is 0 Å². The minimum absolute atomic E-state index is 0. The van der Waals surface area contributed by atoms with Gasteiger partial charge in [0.05, 0.1) is 0 Å². The zero-order chi connectivity index (χ0) is 10.9. The van der Waals surface area contributed by atoms with Crippen molar-refractivity contribution in [3.8, 4) is 5.75 Å². The molecule has 0 unspecified atom stereocenters. The summed E-state index contributed by atoms with van der Waals surface area (Å²) in [6.45, 7) is 1.47. The maximum Gasteiger partial charge on any atom is 0.573 e. The van der Waals surface area contributed by atoms with E-state index in [2.05, 4.69) is 10.1 Å². The topological polar surface area (TPSA) is 21.3 Å². The summed E-state index contributed by atoms with van der Waals surface area (Å²) in [5.41, 5.74) is 1.96. The minimum atomic E-state index is -4.61. The van der Waals surface area contributed by atoms with Crippen LogP contribution in [0.3, 0.4) is 0 Å². The molecule has 0 atom stereocenters. The third kappa shape index (κ3) is 3.28. The molecule has 0 spiro atoms. The summed E-state index contributed by atoms with van der Waals surface area (Å²) in [6.07, 6.45) is -3.77. The van der Waals surface area contributed by atoms with Gasteiger partial charge in [-0.15, -0.1) is 25.6 Å². The Morgan fingerprint density at radius 2 is 1.94 bits per heavy atom. The molecule has 0 aliphatic carbocycles. The van der Waals surface area contributed by atoms with Crippen molar-refractivity contribution in [3.63, 3.8) is 0 Å². The summed E-state index contributed by atoms with van der Waals surface area (Å²) in [7, 11) is 0. The van der Waals surface area contributed by atoms with E-state index in [-0.39, 0.29) is 18.2 Å². The molecule has 2 rings (SSSR count). The van der Waals surface area contributed by atoms with Gasteiger partial charge in [0.1, 0.15) is 5.75 Å². The molecule has 0 saturated carbocycles. The van der Waals surface area contributed by atoms with Crippen LogP contribution in [0.1, 0.15) is 11.1 Å². The predicted molar refractivity (Wildman–Crippen MR) is 55.8 cm³/mol. The molecule has 0 saturated heterocycles. The molecule has 1 aromatic rings. The molecule has 0 bridgehead atoms. The lowest BCUT2D eigenvalue weighted by molar-refractivity contribution is -0.274. The second-order valence-corrected chi connectivity index (χ2v) is 3.41. The highest BCUT2D eigenvalue weighted by Gasteiger charge is 2.31. The Balaban J connectivity index is 0.00000128. The van der Waals surface area contributed by atoms with E-state index in [9.17, 15) is 13.2 Å². The summed E-state index contributed by atoms with van der Waals surface area (Å²) in [5.74, 6) is -0.148. The third-order valence-electron chi connectivity index (χ3n) is 2.30. The van der Waals surface area contributed by atoms with Crippen molar-refractivity contribution in [1.29, 1.82) is 0 Å². The summed E-state index contributed by atoms with van der Waals surface area (Å²) in [5, 5.41) is 3.09. The van der Waals surface area contributed by atoms with Gasteiger partial charge in [-0.05, 0) is 36.2 Å². The lowest BCUT2D eigenvalue weighted by atomic mass is 10.0. The lowest BCUT2D eigenvalue weighted by Gasteiger charge is -2.18. The highest BCUT2D eigenvalue weighted by atomic mass is 35.5. The average Bonchev–Trinajstić information content (AvgIpc) is 2.15. The molecule has 6 heteroatoms. The Kier molecular flexibility index (Phi) is 4.04. The molecule has 1 aromatic carbocycles. The second-order valence-electron chi connectivity index (χ2n) is 3.41. The Morgan fingerprint density at radius 3 is 2.62 bits per heavy atom. The van der Waals surface area contributed by atoms with E-state index in [0.29, 0.717) is 6.54 Å². The smallest absolute Gasteiger partial charge is 0.406 e. The molecule has 0 amide bonds. The molecular weight excluding hydrogens is 243 g/mol. The van der Waals surface area contributed by atoms with Crippen LogP contribution >= 0.6 is 12.4 Å². The Bertz CT molecular complexity index is 368. The standard InChI is InChI=1S/C10H10F3NO.ClH/c11-10(12,13)15-9-2-1-7-3-4-14-6-8(7)5-9;/h1-2,5,14H,3-4,6H2;1H. The number of alkyl halides is 3. The third-order valence-corrected chi connectivity index (χ3v) is 2.30. The van der Waals surface area contributed by atoms with E-state index in [1.165, 1.54) is 12.1 Å². The minimum Gasteiger partial charge on any atom is -0.406 e. The summed E-state index contributed by atoms with van der Waals surface area (Å²) < 4.78 is 39.6. The van der Waals surface area contributed by atoms with E-state index in [1.54, 1.807) is 6.07 Å². The number of fused-ring (bicyclic) bond motifs is 1. The van der Waals surface area contributed by atoms with Gasteiger partial charge in [-0.2, -0.15) is 0 Å². The molecule has 1 aliphatic rings. The number of ether oxygens (including phenoxy) is 1. The fourth-order valence-corrected chi connectivity index (χ4v) is 1.65. The van der Waals surface area contributed by atoms with Crippen LogP contribution in [0.25, 0.3) is 0 Å². The average molecular weight is 254 g/mol. The van der Waals surface area contributed by atoms with Gasteiger partial charge in [0.25, 0.3) is 0 Å². The van der Waals surface area contributed by atoms with Crippen LogP contribution in [0.2, 0.25) is 0 Å². The van der Waals surface area contributed by atoms with Crippen molar-refractivity contribution < 1.29 is 17.9 Å². The van der Waals surface area contributed by atoms with Crippen LogP contribution in [0.4, 0.5) is 13.2 Å². The first kappa shape index (κ1) is 13.1. The predicted octanol–water partition coefficient (Wildman–Crippen LogP) is 2.65. The fraction of sp³-hybridized carbons (Fsp3) is 0.400. The van der Waals surface area contributed by atoms with Crippen molar-refractivity contribution in [2.75, 3.05) is 6.54 Å². The normalized spacial score (nSPS) is 14.9. The van der Waals surface area contributed by atoms with Crippen molar-refractivity contribution in [2.45, 2.75) is 19.3 Å². The number of benzene rings is 1. The van der Waals surface area contributed by atoms with Crippen LogP contribution < -0.4 is 10.1 Å². The lowest BCUT2D eigenvalue weighted by Crippen LogP contribution is -2.24. The molecule has 2 nitrogen and oxygen atoms in total. The Hall–Kier alpha value is -0.940. The van der Waals surface area contributed by atoms with Gasteiger partial charge in [0, 0.05) is 6.54 Å². The number of rotatable bonds is 1. The zero-order valence-corrected chi connectivity index (χ0v) is 9.12. The van der Waals surface area contributed by atoms with Crippen LogP contribution in [-0.4, -0.2) is 12.9 Å². The first-order valence-corrected chi connectivity index (χ1v) is 4.63. The molecule has 16 heavy (non-hydrogen) atoms. The number of hydrogen-bond acceptors (Lipinski definition) is 2. The largest absolute Gasteiger partial charge is 0.573 e. The molecule has 1 heterocycles. The summed E-state index contributed by atoms with van der Waals surface area (Å²) in [6, 6.07) is 4.49. The number of nitrogens with one attached hydrogen (secondary N) is 1. The van der Waals surface area contributed by atoms with Crippen LogP contribution in [-0.2, 0) is 13.0 Å². The maximum absolute atomic E-state index is 11.9. The zero-order valence-electron chi connectivity index (χ0n) is 8.30. The van der Waals surface area contributed by atoms with Gasteiger partial charge in [-0.25, -0.2) is 0 Å². The highest BCUT2D eigenvalue weighted by Crippen LogP contribution is 2.26. The maximum atomic E-state index is 11.9. The van der Waals surface area contributed by atoms with Gasteiger partial charge in [-0.1, -0.05) is 6.07 Å². The molecular formula is C10H11ClF3NO. The van der Waals surface area contributed by atoms with E-state index in [0.717, 1.165) is 24.1 Å². The highest BCUT2D eigenvalue weighted by molar-refractivity contribution is 5.85. The molecule has 1 aliphatic heterocycles. The van der Waals surface area contributed by atoms with Crippen molar-refractivity contribution >= 4 is 12.4 Å². The molecule has 90 valence electrons. The van der Waals surface area contributed by atoms with Crippen molar-refractivity contribution in [2.24, 2.45) is 0 Å². The molecule has 0 radical (unpaired) electrons. The Labute approximate surface area is 97.2 Å².